The SMILES string of the molecule is Cc1sc2ncnc(NCCCOCC(C)C)c2c1C. The van der Waals surface area contributed by atoms with Gasteiger partial charge in [-0.15, -0.1) is 11.3 Å². The van der Waals surface area contributed by atoms with E-state index in [4.69, 9.17) is 4.74 Å². The van der Waals surface area contributed by atoms with Crippen molar-refractivity contribution < 1.29 is 4.74 Å². The maximum absolute atomic E-state index is 5.58. The molecule has 5 heteroatoms. The van der Waals surface area contributed by atoms with E-state index in [9.17, 15) is 0 Å². The predicted molar refractivity (Wildman–Crippen MR) is 85.7 cm³/mol. The zero-order valence-corrected chi connectivity index (χ0v) is 13.5. The lowest BCUT2D eigenvalue weighted by molar-refractivity contribution is 0.110. The van der Waals surface area contributed by atoms with Crippen LogP contribution in [0.3, 0.4) is 0 Å². The van der Waals surface area contributed by atoms with Gasteiger partial charge in [0, 0.05) is 24.6 Å². The number of hydrogen-bond acceptors (Lipinski definition) is 5. The Morgan fingerprint density at radius 2 is 2.10 bits per heavy atom. The normalized spacial score (nSPS) is 11.4. The van der Waals surface area contributed by atoms with Gasteiger partial charge in [0.1, 0.15) is 17.0 Å². The molecule has 20 heavy (non-hydrogen) atoms. The molecule has 0 atom stereocenters. The van der Waals surface area contributed by atoms with Crippen LogP contribution < -0.4 is 5.32 Å². The highest BCUT2D eigenvalue weighted by molar-refractivity contribution is 7.18. The highest BCUT2D eigenvalue weighted by Gasteiger charge is 2.11. The van der Waals surface area contributed by atoms with Crippen molar-refractivity contribution in [1.29, 1.82) is 0 Å². The highest BCUT2D eigenvalue weighted by atomic mass is 32.1. The zero-order valence-electron chi connectivity index (χ0n) is 12.7. The number of fused-ring (bicyclic) bond motifs is 1. The molecule has 0 bridgehead atoms. The van der Waals surface area contributed by atoms with Crippen molar-refractivity contribution in [3.8, 4) is 0 Å². The first-order valence-electron chi connectivity index (χ1n) is 7.12. The second-order valence-corrected chi connectivity index (χ2v) is 6.64. The molecular formula is C15H23N3OS. The minimum Gasteiger partial charge on any atom is -0.381 e. The minimum atomic E-state index is 0.598. The van der Waals surface area contributed by atoms with Crippen molar-refractivity contribution in [1.82, 2.24) is 9.97 Å². The summed E-state index contributed by atoms with van der Waals surface area (Å²) in [4.78, 5) is 11.1. The summed E-state index contributed by atoms with van der Waals surface area (Å²) >= 11 is 1.73. The molecule has 110 valence electrons. The van der Waals surface area contributed by atoms with Gasteiger partial charge in [0.2, 0.25) is 0 Å². The Balaban J connectivity index is 1.90. The third kappa shape index (κ3) is 3.67. The molecule has 0 saturated heterocycles. The van der Waals surface area contributed by atoms with Crippen LogP contribution in [0.15, 0.2) is 6.33 Å². The summed E-state index contributed by atoms with van der Waals surface area (Å²) in [6.07, 6.45) is 2.62. The van der Waals surface area contributed by atoms with Crippen LogP contribution in [0.4, 0.5) is 5.82 Å². The van der Waals surface area contributed by atoms with Crippen molar-refractivity contribution in [2.24, 2.45) is 5.92 Å². The Morgan fingerprint density at radius 3 is 2.85 bits per heavy atom. The van der Waals surface area contributed by atoms with E-state index in [2.05, 4.69) is 43.0 Å². The molecule has 2 heterocycles. The maximum atomic E-state index is 5.58. The van der Waals surface area contributed by atoms with Crippen molar-refractivity contribution in [2.45, 2.75) is 34.1 Å². The Labute approximate surface area is 124 Å². The van der Waals surface area contributed by atoms with Gasteiger partial charge in [-0.1, -0.05) is 13.8 Å². The molecule has 0 aliphatic carbocycles. The average molecular weight is 293 g/mol. The van der Waals surface area contributed by atoms with Gasteiger partial charge in [-0.2, -0.15) is 0 Å². The fourth-order valence-corrected chi connectivity index (χ4v) is 3.01. The van der Waals surface area contributed by atoms with Gasteiger partial charge < -0.3 is 10.1 Å². The van der Waals surface area contributed by atoms with E-state index in [0.717, 1.165) is 42.2 Å². The van der Waals surface area contributed by atoms with Gasteiger partial charge >= 0.3 is 0 Å². The highest BCUT2D eigenvalue weighted by Crippen LogP contribution is 2.32. The van der Waals surface area contributed by atoms with Crippen LogP contribution in [0.1, 0.15) is 30.7 Å². The number of nitrogens with one attached hydrogen (secondary N) is 1. The number of aryl methyl sites for hydroxylation is 2. The van der Waals surface area contributed by atoms with E-state index >= 15 is 0 Å². The van der Waals surface area contributed by atoms with E-state index < -0.39 is 0 Å². The van der Waals surface area contributed by atoms with Gasteiger partial charge in [-0.25, -0.2) is 9.97 Å². The molecule has 0 aliphatic heterocycles. The third-order valence-corrected chi connectivity index (χ3v) is 4.29. The standard InChI is InChI=1S/C15H23N3OS/c1-10(2)8-19-7-5-6-16-14-13-11(3)12(4)20-15(13)18-9-17-14/h9-10H,5-8H2,1-4H3,(H,16,17,18). The largest absolute Gasteiger partial charge is 0.381 e. The molecule has 0 saturated carbocycles. The number of aromatic nitrogens is 2. The molecule has 0 fully saturated rings. The van der Waals surface area contributed by atoms with Crippen LogP contribution in [-0.4, -0.2) is 29.7 Å². The lowest BCUT2D eigenvalue weighted by Gasteiger charge is -2.09. The Kier molecular flexibility index (Phi) is 5.31. The van der Waals surface area contributed by atoms with Crippen LogP contribution in [0.25, 0.3) is 10.2 Å². The quantitative estimate of drug-likeness (QED) is 0.789. The van der Waals surface area contributed by atoms with Crippen LogP contribution in [0.2, 0.25) is 0 Å². The molecule has 0 amide bonds. The predicted octanol–water partition coefficient (Wildman–Crippen LogP) is 3.78. The topological polar surface area (TPSA) is 47.0 Å². The Hall–Kier alpha value is -1.20. The van der Waals surface area contributed by atoms with Gasteiger partial charge in [0.25, 0.3) is 0 Å². The van der Waals surface area contributed by atoms with Crippen LogP contribution in [-0.2, 0) is 4.74 Å². The molecule has 0 radical (unpaired) electrons. The molecule has 0 aliphatic rings. The van der Waals surface area contributed by atoms with Crippen molar-refractivity contribution in [3.05, 3.63) is 16.8 Å². The van der Waals surface area contributed by atoms with Crippen LogP contribution in [0.5, 0.6) is 0 Å². The summed E-state index contributed by atoms with van der Waals surface area (Å²) in [6, 6.07) is 0. The zero-order chi connectivity index (χ0) is 14.5. The summed E-state index contributed by atoms with van der Waals surface area (Å²) in [5.41, 5.74) is 1.28. The van der Waals surface area contributed by atoms with Gasteiger partial charge in [0.15, 0.2) is 0 Å². The van der Waals surface area contributed by atoms with Crippen molar-refractivity contribution in [3.63, 3.8) is 0 Å². The molecule has 2 aromatic rings. The average Bonchev–Trinajstić information content (AvgIpc) is 2.70. The lowest BCUT2D eigenvalue weighted by atomic mass is 10.2. The molecule has 2 rings (SSSR count). The van der Waals surface area contributed by atoms with Crippen LogP contribution >= 0.6 is 11.3 Å². The molecule has 2 aromatic heterocycles. The van der Waals surface area contributed by atoms with Crippen molar-refractivity contribution >= 4 is 27.4 Å². The number of thiophene rings is 1. The minimum absolute atomic E-state index is 0.598. The Bertz CT molecular complexity index is 565. The first-order valence-corrected chi connectivity index (χ1v) is 7.93. The third-order valence-electron chi connectivity index (χ3n) is 3.17. The number of nitrogens with zero attached hydrogens (tertiary/aromatic N) is 2. The summed E-state index contributed by atoms with van der Waals surface area (Å²) in [7, 11) is 0. The van der Waals surface area contributed by atoms with E-state index in [1.807, 2.05) is 0 Å². The molecule has 0 unspecified atom stereocenters. The fourth-order valence-electron chi connectivity index (χ4n) is 2.02. The monoisotopic (exact) mass is 293 g/mol. The summed E-state index contributed by atoms with van der Waals surface area (Å²) < 4.78 is 5.58. The smallest absolute Gasteiger partial charge is 0.138 e. The van der Waals surface area contributed by atoms with Gasteiger partial charge in [-0.3, -0.25) is 0 Å². The number of rotatable bonds is 7. The van der Waals surface area contributed by atoms with Crippen molar-refractivity contribution in [2.75, 3.05) is 25.1 Å². The molecule has 1 N–H and O–H groups in total. The van der Waals surface area contributed by atoms with Gasteiger partial charge in [0.05, 0.1) is 5.39 Å². The number of hydrogen-bond donors (Lipinski definition) is 1. The first-order chi connectivity index (χ1) is 9.59. The first kappa shape index (κ1) is 15.2. The maximum Gasteiger partial charge on any atom is 0.138 e. The van der Waals surface area contributed by atoms with E-state index in [-0.39, 0.29) is 0 Å². The number of anilines is 1. The van der Waals surface area contributed by atoms with E-state index in [0.29, 0.717) is 5.92 Å². The Morgan fingerprint density at radius 1 is 1.30 bits per heavy atom. The van der Waals surface area contributed by atoms with E-state index in [1.54, 1.807) is 17.7 Å². The second-order valence-electron chi connectivity index (χ2n) is 5.43. The lowest BCUT2D eigenvalue weighted by Crippen LogP contribution is -2.09. The summed E-state index contributed by atoms with van der Waals surface area (Å²) in [5.74, 6) is 1.54. The van der Waals surface area contributed by atoms with Gasteiger partial charge in [-0.05, 0) is 31.7 Å². The number of ether oxygens (including phenoxy) is 1. The van der Waals surface area contributed by atoms with Crippen LogP contribution in [0, 0.1) is 19.8 Å². The molecule has 0 spiro atoms. The van der Waals surface area contributed by atoms with E-state index in [1.165, 1.54) is 10.4 Å². The fraction of sp³-hybridized carbons (Fsp3) is 0.600. The molecule has 0 aromatic carbocycles. The summed E-state index contributed by atoms with van der Waals surface area (Å²) in [5, 5.41) is 4.57. The molecular weight excluding hydrogens is 270 g/mol. The summed E-state index contributed by atoms with van der Waals surface area (Å²) in [6.45, 7) is 11.1. The second kappa shape index (κ2) is 6.99. The molecule has 4 nitrogen and oxygen atoms in total.